The molecule has 0 amide bonds. The summed E-state index contributed by atoms with van der Waals surface area (Å²) in [7, 11) is 1.75. The van der Waals surface area contributed by atoms with E-state index < -0.39 is 0 Å². The van der Waals surface area contributed by atoms with Crippen LogP contribution < -0.4 is 5.32 Å². The number of methoxy groups -OCH3 is 1. The van der Waals surface area contributed by atoms with Gasteiger partial charge in [0, 0.05) is 13.7 Å². The zero-order valence-electron chi connectivity index (χ0n) is 13.6. The van der Waals surface area contributed by atoms with Crippen molar-refractivity contribution in [1.82, 2.24) is 5.32 Å². The largest absolute Gasteiger partial charge is 0.383 e. The monoisotopic (exact) mass is 277 g/mol. The van der Waals surface area contributed by atoms with Gasteiger partial charge in [-0.15, -0.1) is 0 Å². The van der Waals surface area contributed by atoms with Gasteiger partial charge in [-0.2, -0.15) is 0 Å². The first-order chi connectivity index (χ1) is 9.65. The Labute approximate surface area is 124 Å². The summed E-state index contributed by atoms with van der Waals surface area (Å²) in [6, 6.07) is 9.11. The Balaban J connectivity index is 2.49. The minimum atomic E-state index is 0.708. The molecule has 114 valence electrons. The third-order valence-electron chi connectivity index (χ3n) is 3.68. The molecule has 0 bridgehead atoms. The molecule has 0 aliphatic rings. The van der Waals surface area contributed by atoms with Crippen molar-refractivity contribution in [3.63, 3.8) is 0 Å². The Morgan fingerprint density at radius 2 is 1.75 bits per heavy atom. The molecular formula is C18H31NO. The van der Waals surface area contributed by atoms with Crippen molar-refractivity contribution in [1.29, 1.82) is 0 Å². The van der Waals surface area contributed by atoms with Crippen LogP contribution in [0.15, 0.2) is 24.3 Å². The summed E-state index contributed by atoms with van der Waals surface area (Å²) in [4.78, 5) is 0. The first kappa shape index (κ1) is 17.2. The second-order valence-corrected chi connectivity index (χ2v) is 6.07. The Morgan fingerprint density at radius 1 is 1.10 bits per heavy atom. The van der Waals surface area contributed by atoms with Gasteiger partial charge in [-0.25, -0.2) is 0 Å². The molecular weight excluding hydrogens is 246 g/mol. The molecule has 0 aliphatic carbocycles. The van der Waals surface area contributed by atoms with Crippen molar-refractivity contribution in [2.45, 2.75) is 40.0 Å². The summed E-state index contributed by atoms with van der Waals surface area (Å²) in [5.74, 6) is 1.46. The van der Waals surface area contributed by atoms with Crippen molar-refractivity contribution in [2.24, 2.45) is 11.8 Å². The molecule has 2 nitrogen and oxygen atoms in total. The lowest BCUT2D eigenvalue weighted by atomic mass is 9.90. The minimum absolute atomic E-state index is 0.708. The quantitative estimate of drug-likeness (QED) is 0.659. The van der Waals surface area contributed by atoms with E-state index in [4.69, 9.17) is 4.74 Å². The fraction of sp³-hybridized carbons (Fsp3) is 0.667. The highest BCUT2D eigenvalue weighted by Crippen LogP contribution is 2.17. The van der Waals surface area contributed by atoms with Crippen molar-refractivity contribution in [2.75, 3.05) is 26.8 Å². The molecule has 2 heteroatoms. The maximum absolute atomic E-state index is 5.09. The summed E-state index contributed by atoms with van der Waals surface area (Å²) in [5.41, 5.74) is 2.88. The van der Waals surface area contributed by atoms with E-state index in [0.29, 0.717) is 5.92 Å². The van der Waals surface area contributed by atoms with Crippen LogP contribution in [0.2, 0.25) is 0 Å². The molecule has 0 heterocycles. The first-order valence-corrected chi connectivity index (χ1v) is 7.93. The standard InChI is InChI=1S/C18H31NO/c1-5-16-6-8-17(9-7-16)13-18(12-15(2)3)14-19-10-11-20-4/h6-9,15,18-19H,5,10-14H2,1-4H3. The molecule has 1 N–H and O–H groups in total. The molecule has 0 aromatic heterocycles. The third kappa shape index (κ3) is 7.06. The van der Waals surface area contributed by atoms with Crippen LogP contribution in [-0.2, 0) is 17.6 Å². The van der Waals surface area contributed by atoms with E-state index in [2.05, 4.69) is 50.4 Å². The van der Waals surface area contributed by atoms with Gasteiger partial charge in [-0.1, -0.05) is 45.0 Å². The van der Waals surface area contributed by atoms with Crippen LogP contribution >= 0.6 is 0 Å². The van der Waals surface area contributed by atoms with Gasteiger partial charge < -0.3 is 10.1 Å². The van der Waals surface area contributed by atoms with Crippen LogP contribution in [0.25, 0.3) is 0 Å². The Bertz CT molecular complexity index is 345. The second kappa shape index (κ2) is 9.95. The average Bonchev–Trinajstić information content (AvgIpc) is 2.43. The van der Waals surface area contributed by atoms with E-state index in [1.54, 1.807) is 7.11 Å². The summed E-state index contributed by atoms with van der Waals surface area (Å²) in [6.07, 6.45) is 3.56. The molecule has 0 aliphatic heterocycles. The lowest BCUT2D eigenvalue weighted by molar-refractivity contribution is 0.197. The number of hydrogen-bond acceptors (Lipinski definition) is 2. The van der Waals surface area contributed by atoms with Crippen molar-refractivity contribution in [3.8, 4) is 0 Å². The van der Waals surface area contributed by atoms with E-state index in [9.17, 15) is 0 Å². The molecule has 0 radical (unpaired) electrons. The van der Waals surface area contributed by atoms with E-state index in [1.165, 1.54) is 24.0 Å². The Kier molecular flexibility index (Phi) is 8.56. The molecule has 0 saturated carbocycles. The fourth-order valence-corrected chi connectivity index (χ4v) is 2.63. The first-order valence-electron chi connectivity index (χ1n) is 7.93. The highest BCUT2D eigenvalue weighted by Gasteiger charge is 2.11. The van der Waals surface area contributed by atoms with Gasteiger partial charge >= 0.3 is 0 Å². The molecule has 1 unspecified atom stereocenters. The zero-order valence-corrected chi connectivity index (χ0v) is 13.6. The number of rotatable bonds is 10. The van der Waals surface area contributed by atoms with Crippen LogP contribution in [0.1, 0.15) is 38.3 Å². The second-order valence-electron chi connectivity index (χ2n) is 6.07. The molecule has 1 atom stereocenters. The van der Waals surface area contributed by atoms with Gasteiger partial charge in [0.2, 0.25) is 0 Å². The SMILES string of the molecule is CCc1ccc(CC(CNCCOC)CC(C)C)cc1. The van der Waals surface area contributed by atoms with Crippen molar-refractivity contribution in [3.05, 3.63) is 35.4 Å². The topological polar surface area (TPSA) is 21.3 Å². The maximum atomic E-state index is 5.09. The van der Waals surface area contributed by atoms with Gasteiger partial charge in [0.25, 0.3) is 0 Å². The van der Waals surface area contributed by atoms with Crippen LogP contribution in [0.3, 0.4) is 0 Å². The number of aryl methyl sites for hydroxylation is 1. The van der Waals surface area contributed by atoms with Gasteiger partial charge in [0.1, 0.15) is 0 Å². The van der Waals surface area contributed by atoms with Gasteiger partial charge in [-0.3, -0.25) is 0 Å². The number of hydrogen-bond donors (Lipinski definition) is 1. The van der Waals surface area contributed by atoms with Crippen molar-refractivity contribution >= 4 is 0 Å². The predicted octanol–water partition coefficient (Wildman–Crippen LogP) is 3.69. The van der Waals surface area contributed by atoms with Crippen LogP contribution in [-0.4, -0.2) is 26.8 Å². The van der Waals surface area contributed by atoms with Gasteiger partial charge in [-0.05, 0) is 48.8 Å². The molecule has 0 spiro atoms. The number of nitrogens with one attached hydrogen (secondary N) is 1. The van der Waals surface area contributed by atoms with Crippen LogP contribution in [0.5, 0.6) is 0 Å². The highest BCUT2D eigenvalue weighted by molar-refractivity contribution is 5.22. The summed E-state index contributed by atoms with van der Waals surface area (Å²) in [5, 5.41) is 3.51. The lowest BCUT2D eigenvalue weighted by Gasteiger charge is -2.20. The Morgan fingerprint density at radius 3 is 2.30 bits per heavy atom. The van der Waals surface area contributed by atoms with Crippen LogP contribution in [0.4, 0.5) is 0 Å². The summed E-state index contributed by atoms with van der Waals surface area (Å²) < 4.78 is 5.09. The van der Waals surface area contributed by atoms with Gasteiger partial charge in [0.05, 0.1) is 6.61 Å². The van der Waals surface area contributed by atoms with E-state index in [-0.39, 0.29) is 0 Å². The minimum Gasteiger partial charge on any atom is -0.383 e. The predicted molar refractivity (Wildman–Crippen MR) is 87.2 cm³/mol. The molecule has 20 heavy (non-hydrogen) atoms. The van der Waals surface area contributed by atoms with Gasteiger partial charge in [0.15, 0.2) is 0 Å². The smallest absolute Gasteiger partial charge is 0.0587 e. The molecule has 1 rings (SSSR count). The zero-order chi connectivity index (χ0) is 14.8. The summed E-state index contributed by atoms with van der Waals surface area (Å²) >= 11 is 0. The summed E-state index contributed by atoms with van der Waals surface area (Å²) in [6.45, 7) is 9.64. The highest BCUT2D eigenvalue weighted by atomic mass is 16.5. The Hall–Kier alpha value is -0.860. The van der Waals surface area contributed by atoms with E-state index in [1.807, 2.05) is 0 Å². The molecule has 0 fully saturated rings. The molecule has 1 aromatic carbocycles. The van der Waals surface area contributed by atoms with E-state index in [0.717, 1.165) is 32.0 Å². The molecule has 0 saturated heterocycles. The lowest BCUT2D eigenvalue weighted by Crippen LogP contribution is -2.28. The molecule has 1 aromatic rings. The average molecular weight is 277 g/mol. The van der Waals surface area contributed by atoms with Crippen LogP contribution in [0, 0.1) is 11.8 Å². The third-order valence-corrected chi connectivity index (χ3v) is 3.68. The fourth-order valence-electron chi connectivity index (χ4n) is 2.63. The number of ether oxygens (including phenoxy) is 1. The normalized spacial score (nSPS) is 12.8. The number of benzene rings is 1. The van der Waals surface area contributed by atoms with E-state index >= 15 is 0 Å². The maximum Gasteiger partial charge on any atom is 0.0587 e. The van der Waals surface area contributed by atoms with Crippen molar-refractivity contribution < 1.29 is 4.74 Å².